The summed E-state index contributed by atoms with van der Waals surface area (Å²) in [5.74, 6) is -0.557. The summed E-state index contributed by atoms with van der Waals surface area (Å²) in [6, 6.07) is 4.90. The van der Waals surface area contributed by atoms with E-state index in [2.05, 4.69) is 0 Å². The first-order valence-electron chi connectivity index (χ1n) is 4.84. The third-order valence-electron chi connectivity index (χ3n) is 2.52. The highest BCUT2D eigenvalue weighted by atomic mass is 35.5. The van der Waals surface area contributed by atoms with E-state index < -0.39 is 0 Å². The number of nitriles is 1. The van der Waals surface area contributed by atoms with Gasteiger partial charge < -0.3 is 10.6 Å². The van der Waals surface area contributed by atoms with Gasteiger partial charge in [0.25, 0.3) is 0 Å². The van der Waals surface area contributed by atoms with Crippen molar-refractivity contribution >= 4 is 34.7 Å². The molecule has 0 spiro atoms. The molecule has 17 heavy (non-hydrogen) atoms. The molecule has 86 valence electrons. The Hall–Kier alpha value is -2.06. The molecule has 0 saturated carbocycles. The lowest BCUT2D eigenvalue weighted by Gasteiger charge is -2.19. The molecule has 1 saturated heterocycles. The number of benzene rings is 1. The smallest absolute Gasteiger partial charge is 0.235 e. The Balaban J connectivity index is 2.60. The van der Waals surface area contributed by atoms with Crippen LogP contribution in [0.3, 0.4) is 0 Å². The van der Waals surface area contributed by atoms with E-state index in [4.69, 9.17) is 22.6 Å². The Bertz CT molecular complexity index is 563. The van der Waals surface area contributed by atoms with Crippen molar-refractivity contribution in [3.8, 4) is 6.07 Å². The molecule has 5 nitrogen and oxygen atoms in total. The molecule has 1 aliphatic heterocycles. The van der Waals surface area contributed by atoms with Crippen LogP contribution in [0.2, 0.25) is 5.02 Å². The van der Waals surface area contributed by atoms with E-state index in [-0.39, 0.29) is 46.6 Å². The van der Waals surface area contributed by atoms with Gasteiger partial charge in [0.1, 0.15) is 6.07 Å². The maximum Gasteiger partial charge on any atom is 0.235 e. The summed E-state index contributed by atoms with van der Waals surface area (Å²) >= 11 is 5.86. The van der Waals surface area contributed by atoms with E-state index in [0.29, 0.717) is 0 Å². The third-order valence-corrected chi connectivity index (χ3v) is 2.84. The van der Waals surface area contributed by atoms with Crippen molar-refractivity contribution in [3.05, 3.63) is 22.7 Å². The number of nitrogen functional groups attached to an aromatic ring is 1. The lowest BCUT2D eigenvalue weighted by molar-refractivity contribution is -0.121. The number of carbonyl (C=O) groups is 2. The average Bonchev–Trinajstić information content (AvgIpc) is 2.60. The van der Waals surface area contributed by atoms with Gasteiger partial charge in [-0.2, -0.15) is 5.26 Å². The molecule has 1 aliphatic rings. The Labute approximate surface area is 102 Å². The Morgan fingerprint density at radius 2 is 2.12 bits per heavy atom. The van der Waals surface area contributed by atoms with Gasteiger partial charge in [-0.3, -0.25) is 9.59 Å². The fourth-order valence-corrected chi connectivity index (χ4v) is 1.96. The predicted octanol–water partition coefficient (Wildman–Crippen LogP) is 1.10. The highest BCUT2D eigenvalue weighted by Gasteiger charge is 2.32. The molecule has 0 unspecified atom stereocenters. The van der Waals surface area contributed by atoms with E-state index >= 15 is 0 Å². The van der Waals surface area contributed by atoms with Crippen molar-refractivity contribution in [2.24, 2.45) is 0 Å². The second kappa shape index (κ2) is 4.07. The summed E-state index contributed by atoms with van der Waals surface area (Å²) in [6.07, 6.45) is -0.156. The van der Waals surface area contributed by atoms with Gasteiger partial charge in [0.05, 0.1) is 34.9 Å². The Morgan fingerprint density at radius 3 is 2.65 bits per heavy atom. The van der Waals surface area contributed by atoms with Crippen LogP contribution < -0.4 is 10.6 Å². The van der Waals surface area contributed by atoms with Crippen LogP contribution in [0.4, 0.5) is 11.4 Å². The van der Waals surface area contributed by atoms with Crippen LogP contribution in [0.15, 0.2) is 12.1 Å². The van der Waals surface area contributed by atoms with Crippen molar-refractivity contribution in [1.29, 1.82) is 5.26 Å². The minimum atomic E-state index is -0.361. The topological polar surface area (TPSA) is 87.2 Å². The normalized spacial score (nSPS) is 15.2. The molecule has 0 radical (unpaired) electrons. The second-order valence-electron chi connectivity index (χ2n) is 3.67. The van der Waals surface area contributed by atoms with Gasteiger partial charge in [-0.15, -0.1) is 0 Å². The molecule has 0 aliphatic carbocycles. The summed E-state index contributed by atoms with van der Waals surface area (Å²) in [5, 5.41) is 9.24. The number of Topliss-reactive ketones (excluding diaryl/α,β-unsaturated/α-hetero) is 1. The number of ketones is 1. The first-order chi connectivity index (χ1) is 8.04. The van der Waals surface area contributed by atoms with Crippen LogP contribution >= 0.6 is 11.6 Å². The van der Waals surface area contributed by atoms with Crippen LogP contribution in [0.1, 0.15) is 12.0 Å². The van der Waals surface area contributed by atoms with Crippen molar-refractivity contribution in [1.82, 2.24) is 0 Å². The SMILES string of the molecule is N#Cc1c(Cl)ccc(N)c1N1CC(=O)CC1=O. The van der Waals surface area contributed by atoms with Gasteiger partial charge in [-0.25, -0.2) is 0 Å². The number of nitrogens with zero attached hydrogens (tertiary/aromatic N) is 2. The van der Waals surface area contributed by atoms with E-state index in [1.54, 1.807) is 0 Å². The monoisotopic (exact) mass is 249 g/mol. The van der Waals surface area contributed by atoms with Gasteiger partial charge in [-0.1, -0.05) is 11.6 Å². The molecule has 0 atom stereocenters. The Morgan fingerprint density at radius 1 is 1.41 bits per heavy atom. The largest absolute Gasteiger partial charge is 0.397 e. The van der Waals surface area contributed by atoms with E-state index in [0.717, 1.165) is 0 Å². The number of hydrogen-bond acceptors (Lipinski definition) is 4. The van der Waals surface area contributed by atoms with E-state index in [9.17, 15) is 9.59 Å². The lowest BCUT2D eigenvalue weighted by Crippen LogP contribution is -2.26. The first kappa shape index (κ1) is 11.4. The standard InChI is InChI=1S/C11H8ClN3O2/c12-8-1-2-9(14)11(7(8)4-13)15-5-6(16)3-10(15)17/h1-2H,3,5,14H2. The zero-order valence-corrected chi connectivity index (χ0v) is 9.49. The quantitative estimate of drug-likeness (QED) is 0.596. The number of rotatable bonds is 1. The van der Waals surface area contributed by atoms with Crippen molar-refractivity contribution in [3.63, 3.8) is 0 Å². The zero-order chi connectivity index (χ0) is 12.6. The minimum absolute atomic E-state index is 0.0575. The van der Waals surface area contributed by atoms with Gasteiger partial charge in [0.15, 0.2) is 5.78 Å². The maximum atomic E-state index is 11.6. The molecular formula is C11H8ClN3O2. The first-order valence-corrected chi connectivity index (χ1v) is 5.22. The molecule has 1 aromatic rings. The van der Waals surface area contributed by atoms with E-state index in [1.165, 1.54) is 17.0 Å². The number of hydrogen-bond donors (Lipinski definition) is 1. The summed E-state index contributed by atoms with van der Waals surface area (Å²) < 4.78 is 0. The highest BCUT2D eigenvalue weighted by Crippen LogP contribution is 2.34. The maximum absolute atomic E-state index is 11.6. The highest BCUT2D eigenvalue weighted by molar-refractivity contribution is 6.32. The molecule has 1 fully saturated rings. The zero-order valence-electron chi connectivity index (χ0n) is 8.74. The number of anilines is 2. The predicted molar refractivity (Wildman–Crippen MR) is 62.6 cm³/mol. The average molecular weight is 250 g/mol. The molecule has 1 amide bonds. The fraction of sp³-hybridized carbons (Fsp3) is 0.182. The van der Waals surface area contributed by atoms with Gasteiger partial charge in [0.2, 0.25) is 5.91 Å². The molecular weight excluding hydrogens is 242 g/mol. The van der Waals surface area contributed by atoms with Gasteiger partial charge in [0, 0.05) is 0 Å². The molecule has 1 aromatic carbocycles. The van der Waals surface area contributed by atoms with Crippen LogP contribution in [0, 0.1) is 11.3 Å². The molecule has 0 bridgehead atoms. The fourth-order valence-electron chi connectivity index (χ4n) is 1.77. The molecule has 2 rings (SSSR count). The minimum Gasteiger partial charge on any atom is -0.397 e. The third kappa shape index (κ3) is 1.83. The van der Waals surface area contributed by atoms with Crippen molar-refractivity contribution < 1.29 is 9.59 Å². The van der Waals surface area contributed by atoms with Crippen LogP contribution in [0.5, 0.6) is 0 Å². The van der Waals surface area contributed by atoms with Crippen LogP contribution in [-0.4, -0.2) is 18.2 Å². The number of carbonyl (C=O) groups excluding carboxylic acids is 2. The van der Waals surface area contributed by atoms with E-state index in [1.807, 2.05) is 6.07 Å². The molecule has 2 N–H and O–H groups in total. The summed E-state index contributed by atoms with van der Waals surface area (Å²) in [6.45, 7) is -0.0575. The Kier molecular flexibility index (Phi) is 2.74. The number of amides is 1. The van der Waals surface area contributed by atoms with Crippen LogP contribution in [-0.2, 0) is 9.59 Å². The summed E-state index contributed by atoms with van der Waals surface area (Å²) in [4.78, 5) is 24.0. The van der Waals surface area contributed by atoms with Crippen molar-refractivity contribution in [2.75, 3.05) is 17.2 Å². The number of nitrogens with two attached hydrogens (primary N) is 1. The molecule has 0 aromatic heterocycles. The summed E-state index contributed by atoms with van der Waals surface area (Å²) in [5.41, 5.74) is 6.35. The molecule has 6 heteroatoms. The molecule has 1 heterocycles. The lowest BCUT2D eigenvalue weighted by atomic mass is 10.1. The van der Waals surface area contributed by atoms with Crippen molar-refractivity contribution in [2.45, 2.75) is 6.42 Å². The second-order valence-corrected chi connectivity index (χ2v) is 4.07. The van der Waals surface area contributed by atoms with Gasteiger partial charge in [-0.05, 0) is 12.1 Å². The van der Waals surface area contributed by atoms with Gasteiger partial charge >= 0.3 is 0 Å². The van der Waals surface area contributed by atoms with Crippen LogP contribution in [0.25, 0.3) is 0 Å². The summed E-state index contributed by atoms with van der Waals surface area (Å²) in [7, 11) is 0. The number of halogens is 1.